The van der Waals surface area contributed by atoms with E-state index in [1.807, 2.05) is 116 Å². The summed E-state index contributed by atoms with van der Waals surface area (Å²) in [5, 5.41) is 5.54. The van der Waals surface area contributed by atoms with Gasteiger partial charge in [-0.15, -0.1) is 11.8 Å². The van der Waals surface area contributed by atoms with Crippen LogP contribution in [0.5, 0.6) is 11.5 Å². The molecule has 4 aromatic rings. The zero-order valence-corrected chi connectivity index (χ0v) is 20.1. The normalized spacial score (nSPS) is 11.3. The predicted molar refractivity (Wildman–Crippen MR) is 142 cm³/mol. The van der Waals surface area contributed by atoms with Gasteiger partial charge in [0.05, 0.1) is 11.7 Å². The highest BCUT2D eigenvalue weighted by molar-refractivity contribution is 8.00. The van der Waals surface area contributed by atoms with Gasteiger partial charge in [0.25, 0.3) is 0 Å². The number of thioether (sulfide) groups is 1. The molecule has 0 spiro atoms. The van der Waals surface area contributed by atoms with Crippen LogP contribution in [0.1, 0.15) is 12.5 Å². The maximum absolute atomic E-state index is 12.7. The molecule has 0 fully saturated rings. The van der Waals surface area contributed by atoms with Gasteiger partial charge in [-0.25, -0.2) is 0 Å². The van der Waals surface area contributed by atoms with Crippen molar-refractivity contribution in [3.63, 3.8) is 0 Å². The Balaban J connectivity index is 1.29. The standard InChI is InChI=1S/C29H26N2O3S/c1-21(29(33)31-23-15-17-26(18-16-23)34-25-12-6-3-7-13-25)35-27-14-8-11-24(20-27)30-28(32)19-22-9-4-2-5-10-22/h2-18,20-21H,19H2,1H3,(H,30,32)(H,31,33). The van der Waals surface area contributed by atoms with Crippen LogP contribution >= 0.6 is 11.8 Å². The molecule has 2 N–H and O–H groups in total. The van der Waals surface area contributed by atoms with Crippen molar-refractivity contribution in [1.29, 1.82) is 0 Å². The fourth-order valence-corrected chi connectivity index (χ4v) is 4.29. The van der Waals surface area contributed by atoms with Crippen molar-refractivity contribution >= 4 is 35.0 Å². The number of hydrogen-bond acceptors (Lipinski definition) is 4. The number of anilines is 2. The van der Waals surface area contributed by atoms with Gasteiger partial charge in [-0.2, -0.15) is 0 Å². The van der Waals surface area contributed by atoms with Crippen molar-refractivity contribution in [1.82, 2.24) is 0 Å². The molecule has 4 aromatic carbocycles. The first-order chi connectivity index (χ1) is 17.0. The van der Waals surface area contributed by atoms with Crippen molar-refractivity contribution in [2.75, 3.05) is 10.6 Å². The van der Waals surface area contributed by atoms with Gasteiger partial charge >= 0.3 is 0 Å². The second-order valence-electron chi connectivity index (χ2n) is 7.93. The summed E-state index contributed by atoms with van der Waals surface area (Å²) < 4.78 is 5.79. The lowest BCUT2D eigenvalue weighted by Gasteiger charge is -2.13. The molecule has 0 saturated carbocycles. The topological polar surface area (TPSA) is 67.4 Å². The summed E-state index contributed by atoms with van der Waals surface area (Å²) in [5.74, 6) is 1.27. The highest BCUT2D eigenvalue weighted by Gasteiger charge is 2.15. The lowest BCUT2D eigenvalue weighted by atomic mass is 10.1. The van der Waals surface area contributed by atoms with E-state index >= 15 is 0 Å². The number of amides is 2. The van der Waals surface area contributed by atoms with Crippen LogP contribution in [-0.4, -0.2) is 17.1 Å². The summed E-state index contributed by atoms with van der Waals surface area (Å²) in [4.78, 5) is 26.0. The molecule has 0 radical (unpaired) electrons. The first-order valence-electron chi connectivity index (χ1n) is 11.3. The molecule has 0 aliphatic rings. The fraction of sp³-hybridized carbons (Fsp3) is 0.103. The first-order valence-corrected chi connectivity index (χ1v) is 12.2. The molecule has 35 heavy (non-hydrogen) atoms. The molecule has 0 aromatic heterocycles. The molecule has 0 heterocycles. The largest absolute Gasteiger partial charge is 0.457 e. The van der Waals surface area contributed by atoms with Gasteiger partial charge in [-0.3, -0.25) is 9.59 Å². The summed E-state index contributed by atoms with van der Waals surface area (Å²) in [6.07, 6.45) is 0.312. The zero-order chi connectivity index (χ0) is 24.5. The minimum atomic E-state index is -0.328. The summed E-state index contributed by atoms with van der Waals surface area (Å²) in [6, 6.07) is 33.9. The van der Waals surface area contributed by atoms with E-state index < -0.39 is 0 Å². The Morgan fingerprint density at radius 1 is 0.743 bits per heavy atom. The SMILES string of the molecule is CC(Sc1cccc(NC(=O)Cc2ccccc2)c1)C(=O)Nc1ccc(Oc2ccccc2)cc1. The van der Waals surface area contributed by atoms with Gasteiger partial charge in [0.15, 0.2) is 0 Å². The lowest BCUT2D eigenvalue weighted by molar-refractivity contribution is -0.116. The number of nitrogens with one attached hydrogen (secondary N) is 2. The molecule has 5 nitrogen and oxygen atoms in total. The lowest BCUT2D eigenvalue weighted by Crippen LogP contribution is -2.22. The molecule has 2 amide bonds. The molecule has 0 bridgehead atoms. The van der Waals surface area contributed by atoms with Gasteiger partial charge in [0, 0.05) is 16.3 Å². The van der Waals surface area contributed by atoms with E-state index in [0.717, 1.165) is 16.2 Å². The summed E-state index contributed by atoms with van der Waals surface area (Å²) in [6.45, 7) is 1.85. The van der Waals surface area contributed by atoms with E-state index in [4.69, 9.17) is 4.74 Å². The highest BCUT2D eigenvalue weighted by Crippen LogP contribution is 2.27. The van der Waals surface area contributed by atoms with Crippen LogP contribution in [-0.2, 0) is 16.0 Å². The third-order valence-electron chi connectivity index (χ3n) is 5.11. The molecular weight excluding hydrogens is 456 g/mol. The minimum Gasteiger partial charge on any atom is -0.457 e. The molecule has 176 valence electrons. The highest BCUT2D eigenvalue weighted by atomic mass is 32.2. The number of para-hydroxylation sites is 1. The minimum absolute atomic E-state index is 0.0798. The smallest absolute Gasteiger partial charge is 0.237 e. The quantitative estimate of drug-likeness (QED) is 0.258. The summed E-state index contributed by atoms with van der Waals surface area (Å²) in [7, 11) is 0. The number of rotatable bonds is 9. The first kappa shape index (κ1) is 24.1. The van der Waals surface area contributed by atoms with Crippen molar-refractivity contribution in [3.8, 4) is 11.5 Å². The maximum Gasteiger partial charge on any atom is 0.237 e. The van der Waals surface area contributed by atoms with Gasteiger partial charge in [0.2, 0.25) is 11.8 Å². The Kier molecular flexibility index (Phi) is 8.20. The Morgan fingerprint density at radius 2 is 1.40 bits per heavy atom. The van der Waals surface area contributed by atoms with Crippen molar-refractivity contribution in [3.05, 3.63) is 115 Å². The van der Waals surface area contributed by atoms with Crippen molar-refractivity contribution in [2.45, 2.75) is 23.5 Å². The number of benzene rings is 4. The Morgan fingerprint density at radius 3 is 2.11 bits per heavy atom. The molecule has 1 unspecified atom stereocenters. The van der Waals surface area contributed by atoms with Gasteiger partial charge in [-0.1, -0.05) is 54.6 Å². The number of carbonyl (C=O) groups is 2. The molecule has 6 heteroatoms. The molecule has 0 aliphatic carbocycles. The Bertz CT molecular complexity index is 1260. The Hall–Kier alpha value is -4.03. The van der Waals surface area contributed by atoms with Gasteiger partial charge in [-0.05, 0) is 67.1 Å². The fourth-order valence-electron chi connectivity index (χ4n) is 3.37. The van der Waals surface area contributed by atoms with E-state index in [1.54, 1.807) is 0 Å². The van der Waals surface area contributed by atoms with Crippen LogP contribution in [0.25, 0.3) is 0 Å². The second kappa shape index (κ2) is 11.9. The van der Waals surface area contributed by atoms with Crippen molar-refractivity contribution < 1.29 is 14.3 Å². The average Bonchev–Trinajstić information content (AvgIpc) is 2.86. The predicted octanol–water partition coefficient (Wildman–Crippen LogP) is 6.78. The second-order valence-corrected chi connectivity index (χ2v) is 9.34. The molecule has 4 rings (SSSR count). The van der Waals surface area contributed by atoms with E-state index in [-0.39, 0.29) is 17.1 Å². The third kappa shape index (κ3) is 7.48. The number of ether oxygens (including phenoxy) is 1. The van der Waals surface area contributed by atoms with Crippen LogP contribution in [0.3, 0.4) is 0 Å². The number of hydrogen-bond donors (Lipinski definition) is 2. The summed E-state index contributed by atoms with van der Waals surface area (Å²) in [5.41, 5.74) is 2.36. The third-order valence-corrected chi connectivity index (χ3v) is 6.20. The van der Waals surface area contributed by atoms with Gasteiger partial charge < -0.3 is 15.4 Å². The maximum atomic E-state index is 12.7. The van der Waals surface area contributed by atoms with E-state index in [0.29, 0.717) is 23.5 Å². The van der Waals surface area contributed by atoms with Crippen LogP contribution < -0.4 is 15.4 Å². The molecule has 0 aliphatic heterocycles. The molecule has 1 atom stereocenters. The van der Waals surface area contributed by atoms with E-state index in [2.05, 4.69) is 10.6 Å². The van der Waals surface area contributed by atoms with Crippen molar-refractivity contribution in [2.24, 2.45) is 0 Å². The van der Waals surface area contributed by atoms with E-state index in [1.165, 1.54) is 11.8 Å². The zero-order valence-electron chi connectivity index (χ0n) is 19.3. The molecule has 0 saturated heterocycles. The van der Waals surface area contributed by atoms with Crippen LogP contribution in [0.15, 0.2) is 114 Å². The number of carbonyl (C=O) groups excluding carboxylic acids is 2. The monoisotopic (exact) mass is 482 g/mol. The van der Waals surface area contributed by atoms with Crippen LogP contribution in [0, 0.1) is 0 Å². The summed E-state index contributed by atoms with van der Waals surface area (Å²) >= 11 is 1.43. The average molecular weight is 483 g/mol. The molecular formula is C29H26N2O3S. The Labute approximate surface area is 209 Å². The van der Waals surface area contributed by atoms with Crippen LogP contribution in [0.4, 0.5) is 11.4 Å². The van der Waals surface area contributed by atoms with Crippen LogP contribution in [0.2, 0.25) is 0 Å². The van der Waals surface area contributed by atoms with E-state index in [9.17, 15) is 9.59 Å². The van der Waals surface area contributed by atoms with Gasteiger partial charge in [0.1, 0.15) is 11.5 Å².